The van der Waals surface area contributed by atoms with Crippen molar-refractivity contribution in [2.45, 2.75) is 6.54 Å². The molecular formula is C12H19FN2O2. The summed E-state index contributed by atoms with van der Waals surface area (Å²) >= 11 is 0. The molecule has 3 N–H and O–H groups in total. The van der Waals surface area contributed by atoms with Crippen LogP contribution in [0.15, 0.2) is 18.2 Å². The van der Waals surface area contributed by atoms with Gasteiger partial charge in [0, 0.05) is 31.4 Å². The third-order valence-corrected chi connectivity index (χ3v) is 2.50. The summed E-state index contributed by atoms with van der Waals surface area (Å²) in [5.74, 6) is -0.284. The van der Waals surface area contributed by atoms with Crippen LogP contribution >= 0.6 is 0 Å². The van der Waals surface area contributed by atoms with E-state index in [9.17, 15) is 4.39 Å². The number of benzene rings is 1. The zero-order valence-electron chi connectivity index (χ0n) is 10.0. The van der Waals surface area contributed by atoms with Crippen molar-refractivity contribution in [1.29, 1.82) is 0 Å². The van der Waals surface area contributed by atoms with Gasteiger partial charge >= 0.3 is 0 Å². The molecule has 0 saturated heterocycles. The molecule has 0 aromatic heterocycles. The van der Waals surface area contributed by atoms with Gasteiger partial charge in [0.15, 0.2) is 0 Å². The van der Waals surface area contributed by atoms with E-state index >= 15 is 0 Å². The third kappa shape index (κ3) is 4.30. The minimum Gasteiger partial charge on any atom is -0.394 e. The SMILES string of the molecule is CN(CCOCCO)c1ccc(CN)c(F)c1. The number of rotatable bonds is 7. The molecule has 1 aromatic rings. The van der Waals surface area contributed by atoms with Crippen molar-refractivity contribution >= 4 is 5.69 Å². The Balaban J connectivity index is 2.51. The Labute approximate surface area is 101 Å². The predicted octanol–water partition coefficient (Wildman–Crippen LogP) is 0.729. The number of aliphatic hydroxyl groups is 1. The molecule has 0 aliphatic carbocycles. The molecule has 0 radical (unpaired) electrons. The summed E-state index contributed by atoms with van der Waals surface area (Å²) in [6.07, 6.45) is 0. The van der Waals surface area contributed by atoms with E-state index in [4.69, 9.17) is 15.6 Å². The smallest absolute Gasteiger partial charge is 0.129 e. The summed E-state index contributed by atoms with van der Waals surface area (Å²) in [4.78, 5) is 1.89. The van der Waals surface area contributed by atoms with E-state index in [0.29, 0.717) is 25.3 Å². The highest BCUT2D eigenvalue weighted by atomic mass is 19.1. The van der Waals surface area contributed by atoms with Gasteiger partial charge in [-0.15, -0.1) is 0 Å². The topological polar surface area (TPSA) is 58.7 Å². The number of ether oxygens (including phenoxy) is 1. The molecule has 96 valence electrons. The summed E-state index contributed by atoms with van der Waals surface area (Å²) in [5, 5.41) is 8.54. The predicted molar refractivity (Wildman–Crippen MR) is 65.5 cm³/mol. The zero-order chi connectivity index (χ0) is 12.7. The van der Waals surface area contributed by atoms with E-state index in [2.05, 4.69) is 0 Å². The number of nitrogens with two attached hydrogens (primary N) is 1. The van der Waals surface area contributed by atoms with Crippen molar-refractivity contribution in [2.24, 2.45) is 5.73 Å². The number of likely N-dealkylation sites (N-methyl/N-ethyl adjacent to an activating group) is 1. The van der Waals surface area contributed by atoms with Gasteiger partial charge in [-0.25, -0.2) is 4.39 Å². The van der Waals surface area contributed by atoms with E-state index in [0.717, 1.165) is 5.69 Å². The number of anilines is 1. The first-order valence-electron chi connectivity index (χ1n) is 5.57. The molecule has 0 unspecified atom stereocenters. The van der Waals surface area contributed by atoms with Crippen molar-refractivity contribution in [1.82, 2.24) is 0 Å². The maximum Gasteiger partial charge on any atom is 0.129 e. The molecule has 0 spiro atoms. The standard InChI is InChI=1S/C12H19FN2O2/c1-15(4-6-17-7-5-16)11-3-2-10(9-14)12(13)8-11/h2-3,8,16H,4-7,9,14H2,1H3. The van der Waals surface area contributed by atoms with Crippen LogP contribution in [-0.2, 0) is 11.3 Å². The van der Waals surface area contributed by atoms with Gasteiger partial charge in [0.25, 0.3) is 0 Å². The Bertz CT molecular complexity index is 347. The van der Waals surface area contributed by atoms with E-state index in [1.165, 1.54) is 6.07 Å². The molecule has 0 saturated carbocycles. The van der Waals surface area contributed by atoms with Crippen LogP contribution in [0, 0.1) is 5.82 Å². The highest BCUT2D eigenvalue weighted by Gasteiger charge is 2.05. The summed E-state index contributed by atoms with van der Waals surface area (Å²) in [7, 11) is 1.86. The molecule has 1 aromatic carbocycles. The second-order valence-corrected chi connectivity index (χ2v) is 3.74. The normalized spacial score (nSPS) is 10.6. The van der Waals surface area contributed by atoms with Crippen LogP contribution in [0.5, 0.6) is 0 Å². The highest BCUT2D eigenvalue weighted by Crippen LogP contribution is 2.17. The van der Waals surface area contributed by atoms with E-state index in [-0.39, 0.29) is 19.0 Å². The van der Waals surface area contributed by atoms with Gasteiger partial charge in [0.05, 0.1) is 19.8 Å². The molecule has 0 bridgehead atoms. The van der Waals surface area contributed by atoms with Gasteiger partial charge in [-0.2, -0.15) is 0 Å². The first-order valence-corrected chi connectivity index (χ1v) is 5.57. The van der Waals surface area contributed by atoms with Crippen LogP contribution in [-0.4, -0.2) is 38.5 Å². The lowest BCUT2D eigenvalue weighted by Crippen LogP contribution is -2.23. The second kappa shape index (κ2) is 7.21. The Kier molecular flexibility index (Phi) is 5.90. The molecule has 1 rings (SSSR count). The van der Waals surface area contributed by atoms with Crippen molar-refractivity contribution in [3.8, 4) is 0 Å². The van der Waals surface area contributed by atoms with E-state index < -0.39 is 0 Å². The van der Waals surface area contributed by atoms with Crippen molar-refractivity contribution in [3.05, 3.63) is 29.6 Å². The molecular weight excluding hydrogens is 223 g/mol. The maximum absolute atomic E-state index is 13.5. The van der Waals surface area contributed by atoms with Crippen LogP contribution in [0.4, 0.5) is 10.1 Å². The molecule has 17 heavy (non-hydrogen) atoms. The Morgan fingerprint density at radius 3 is 2.76 bits per heavy atom. The van der Waals surface area contributed by atoms with Crippen molar-refractivity contribution < 1.29 is 14.2 Å². The average Bonchev–Trinajstić information content (AvgIpc) is 2.34. The molecule has 0 atom stereocenters. The summed E-state index contributed by atoms with van der Waals surface area (Å²) in [6, 6.07) is 4.99. The van der Waals surface area contributed by atoms with Crippen LogP contribution in [0.3, 0.4) is 0 Å². The Morgan fingerprint density at radius 2 is 2.18 bits per heavy atom. The van der Waals surface area contributed by atoms with Crippen LogP contribution < -0.4 is 10.6 Å². The number of hydrogen-bond donors (Lipinski definition) is 2. The lowest BCUT2D eigenvalue weighted by Gasteiger charge is -2.19. The molecule has 0 aliphatic heterocycles. The van der Waals surface area contributed by atoms with Gasteiger partial charge in [0.2, 0.25) is 0 Å². The first-order chi connectivity index (χ1) is 8.19. The number of halogens is 1. The highest BCUT2D eigenvalue weighted by molar-refractivity contribution is 5.47. The average molecular weight is 242 g/mol. The minimum absolute atomic E-state index is 0.0174. The zero-order valence-corrected chi connectivity index (χ0v) is 10.0. The van der Waals surface area contributed by atoms with Gasteiger partial charge in [-0.1, -0.05) is 6.07 Å². The number of hydrogen-bond acceptors (Lipinski definition) is 4. The molecule has 4 nitrogen and oxygen atoms in total. The lowest BCUT2D eigenvalue weighted by molar-refractivity contribution is 0.0971. The quantitative estimate of drug-likeness (QED) is 0.692. The molecule has 0 fully saturated rings. The number of nitrogens with zero attached hydrogens (tertiary/aromatic N) is 1. The fourth-order valence-corrected chi connectivity index (χ4v) is 1.44. The van der Waals surface area contributed by atoms with Gasteiger partial charge in [-0.05, 0) is 12.1 Å². The molecule has 0 amide bonds. The largest absolute Gasteiger partial charge is 0.394 e. The minimum atomic E-state index is -0.284. The van der Waals surface area contributed by atoms with Crippen molar-refractivity contribution in [2.75, 3.05) is 38.3 Å². The molecule has 0 aliphatic rings. The van der Waals surface area contributed by atoms with Gasteiger partial charge in [0.1, 0.15) is 5.82 Å². The van der Waals surface area contributed by atoms with Gasteiger partial charge < -0.3 is 20.5 Å². The molecule has 5 heteroatoms. The first kappa shape index (κ1) is 13.9. The monoisotopic (exact) mass is 242 g/mol. The van der Waals surface area contributed by atoms with Crippen LogP contribution in [0.2, 0.25) is 0 Å². The maximum atomic E-state index is 13.5. The van der Waals surface area contributed by atoms with Gasteiger partial charge in [-0.3, -0.25) is 0 Å². The molecule has 0 heterocycles. The van der Waals surface area contributed by atoms with Crippen molar-refractivity contribution in [3.63, 3.8) is 0 Å². The summed E-state index contributed by atoms with van der Waals surface area (Å²) < 4.78 is 18.6. The van der Waals surface area contributed by atoms with Crippen LogP contribution in [0.25, 0.3) is 0 Å². The summed E-state index contributed by atoms with van der Waals surface area (Å²) in [6.45, 7) is 1.69. The van der Waals surface area contributed by atoms with E-state index in [1.807, 2.05) is 18.0 Å². The summed E-state index contributed by atoms with van der Waals surface area (Å²) in [5.41, 5.74) is 6.69. The van der Waals surface area contributed by atoms with E-state index in [1.54, 1.807) is 6.07 Å². The van der Waals surface area contributed by atoms with Crippen LogP contribution in [0.1, 0.15) is 5.56 Å². The number of aliphatic hydroxyl groups excluding tert-OH is 1. The third-order valence-electron chi connectivity index (χ3n) is 2.50. The fourth-order valence-electron chi connectivity index (χ4n) is 1.44. The second-order valence-electron chi connectivity index (χ2n) is 3.74. The lowest BCUT2D eigenvalue weighted by atomic mass is 10.2. The Hall–Kier alpha value is -1.17. The Morgan fingerprint density at radius 1 is 1.41 bits per heavy atom. The fraction of sp³-hybridized carbons (Fsp3) is 0.500.